The van der Waals surface area contributed by atoms with E-state index in [1.54, 1.807) is 0 Å². The van der Waals surface area contributed by atoms with Crippen molar-refractivity contribution in [3.8, 4) is 0 Å². The second-order valence-electron chi connectivity index (χ2n) is 4.59. The van der Waals surface area contributed by atoms with Gasteiger partial charge in [0, 0.05) is 13.1 Å². The van der Waals surface area contributed by atoms with E-state index in [4.69, 9.17) is 5.11 Å². The first kappa shape index (κ1) is 20.8. The molecule has 0 aliphatic carbocycles. The normalized spacial score (nSPS) is 12.2. The van der Waals surface area contributed by atoms with E-state index in [1.807, 2.05) is 13.8 Å². The van der Waals surface area contributed by atoms with Crippen molar-refractivity contribution in [2.45, 2.75) is 26.3 Å². The monoisotopic (exact) mass is 341 g/mol. The molecule has 21 heavy (non-hydrogen) atoms. The molecule has 0 amide bonds. The number of aromatic nitrogens is 1. The Hall–Kier alpha value is -0.194. The van der Waals surface area contributed by atoms with Crippen LogP contribution in [0.2, 0.25) is 0 Å². The van der Waals surface area contributed by atoms with Gasteiger partial charge in [-0.05, 0) is 25.5 Å². The van der Waals surface area contributed by atoms with Crippen molar-refractivity contribution in [2.75, 3.05) is 22.9 Å². The maximum atomic E-state index is 11.5. The number of rotatable bonds is 6. The van der Waals surface area contributed by atoms with Crippen molar-refractivity contribution >= 4 is 79.0 Å². The summed E-state index contributed by atoms with van der Waals surface area (Å²) in [5, 5.41) is 12.1. The van der Waals surface area contributed by atoms with Crippen LogP contribution in [0.4, 0.5) is 11.6 Å². The zero-order valence-electron chi connectivity index (χ0n) is 11.9. The van der Waals surface area contributed by atoms with Crippen molar-refractivity contribution in [2.24, 2.45) is 0 Å². The van der Waals surface area contributed by atoms with Gasteiger partial charge in [0.1, 0.15) is 11.6 Å². The summed E-state index contributed by atoms with van der Waals surface area (Å²) in [4.78, 5) is 15.3. The molecule has 1 aromatic rings. The first-order valence-electron chi connectivity index (χ1n) is 6.11. The molecular weight excluding hydrogens is 321 g/mol. The predicted octanol–water partition coefficient (Wildman–Crippen LogP) is 0.737. The van der Waals surface area contributed by atoms with Crippen LogP contribution in [0.3, 0.4) is 0 Å². The standard InChI is InChI=1S/C12H19N3O4S.K.H/c1-5-8(2)13-10-6-9(12(16)17)7-11(14-10)15(3)20(4,18)19;;/h6-8H,5H2,1-4H3,(H,13,14)(H,16,17);;. The molecule has 1 unspecified atom stereocenters. The zero-order valence-corrected chi connectivity index (χ0v) is 12.7. The van der Waals surface area contributed by atoms with Crippen molar-refractivity contribution in [3.05, 3.63) is 17.7 Å². The third kappa shape index (κ3) is 6.21. The molecule has 114 valence electrons. The summed E-state index contributed by atoms with van der Waals surface area (Å²) in [5.74, 6) is -0.731. The van der Waals surface area contributed by atoms with Crippen LogP contribution >= 0.6 is 0 Å². The summed E-state index contributed by atoms with van der Waals surface area (Å²) < 4.78 is 24.0. The van der Waals surface area contributed by atoms with E-state index in [0.29, 0.717) is 5.82 Å². The molecule has 0 radical (unpaired) electrons. The molecule has 0 aliphatic rings. The van der Waals surface area contributed by atoms with Crippen LogP contribution < -0.4 is 9.62 Å². The van der Waals surface area contributed by atoms with E-state index in [2.05, 4.69) is 10.3 Å². The second-order valence-corrected chi connectivity index (χ2v) is 6.60. The van der Waals surface area contributed by atoms with E-state index in [-0.39, 0.29) is 68.8 Å². The summed E-state index contributed by atoms with van der Waals surface area (Å²) in [6.45, 7) is 3.90. The molecule has 1 atom stereocenters. The van der Waals surface area contributed by atoms with E-state index in [1.165, 1.54) is 19.2 Å². The molecule has 0 saturated carbocycles. The van der Waals surface area contributed by atoms with E-state index < -0.39 is 16.0 Å². The van der Waals surface area contributed by atoms with Gasteiger partial charge in [-0.25, -0.2) is 18.2 Å². The number of hydrogen-bond donors (Lipinski definition) is 2. The Morgan fingerprint density at radius 2 is 2.05 bits per heavy atom. The molecular formula is C12H20KN3O4S. The number of carboxylic acids is 1. The van der Waals surface area contributed by atoms with Crippen molar-refractivity contribution in [3.63, 3.8) is 0 Å². The zero-order chi connectivity index (χ0) is 15.5. The number of hydrogen-bond acceptors (Lipinski definition) is 5. The topological polar surface area (TPSA) is 99.6 Å². The molecule has 1 rings (SSSR count). The number of aromatic carboxylic acids is 1. The van der Waals surface area contributed by atoms with E-state index in [9.17, 15) is 13.2 Å². The third-order valence-electron chi connectivity index (χ3n) is 2.89. The van der Waals surface area contributed by atoms with Gasteiger partial charge < -0.3 is 10.4 Å². The number of nitrogens with zero attached hydrogens (tertiary/aromatic N) is 2. The minimum absolute atomic E-state index is 0. The summed E-state index contributed by atoms with van der Waals surface area (Å²) in [7, 11) is -2.17. The summed E-state index contributed by atoms with van der Waals surface area (Å²) in [6.07, 6.45) is 1.86. The molecule has 7 nitrogen and oxygen atoms in total. The Bertz CT molecular complexity index is 607. The second kappa shape index (κ2) is 8.44. The summed E-state index contributed by atoms with van der Waals surface area (Å²) in [5.41, 5.74) is -0.0173. The molecule has 2 N–H and O–H groups in total. The molecule has 0 fully saturated rings. The molecule has 0 aromatic carbocycles. The summed E-state index contributed by atoms with van der Waals surface area (Å²) in [6, 6.07) is 2.71. The van der Waals surface area contributed by atoms with Crippen LogP contribution in [0, 0.1) is 0 Å². The van der Waals surface area contributed by atoms with Crippen LogP contribution in [0.5, 0.6) is 0 Å². The minimum atomic E-state index is -3.50. The Kier molecular flexibility index (Phi) is 8.36. The van der Waals surface area contributed by atoms with Gasteiger partial charge in [0.25, 0.3) is 0 Å². The number of pyridine rings is 1. The van der Waals surface area contributed by atoms with Crippen LogP contribution in [0.15, 0.2) is 12.1 Å². The first-order chi connectivity index (χ1) is 9.15. The average molecular weight is 341 g/mol. The maximum absolute atomic E-state index is 11.5. The Balaban J connectivity index is 0.00000400. The number of carbonyl (C=O) groups is 1. The van der Waals surface area contributed by atoms with Crippen LogP contribution in [-0.4, -0.2) is 95.2 Å². The first-order valence-corrected chi connectivity index (χ1v) is 7.95. The van der Waals surface area contributed by atoms with Gasteiger partial charge in [-0.2, -0.15) is 0 Å². The molecule has 0 saturated heterocycles. The van der Waals surface area contributed by atoms with Crippen molar-refractivity contribution < 1.29 is 18.3 Å². The number of sulfonamides is 1. The van der Waals surface area contributed by atoms with Gasteiger partial charge in [-0.15, -0.1) is 0 Å². The van der Waals surface area contributed by atoms with Gasteiger partial charge in [0.05, 0.1) is 11.8 Å². The molecule has 0 aliphatic heterocycles. The fraction of sp³-hybridized carbons (Fsp3) is 0.500. The molecule has 1 heterocycles. The fourth-order valence-electron chi connectivity index (χ4n) is 1.40. The Morgan fingerprint density at radius 1 is 1.48 bits per heavy atom. The fourth-order valence-corrected chi connectivity index (χ4v) is 1.83. The third-order valence-corrected chi connectivity index (χ3v) is 4.07. The quantitative estimate of drug-likeness (QED) is 0.740. The van der Waals surface area contributed by atoms with Crippen LogP contribution in [-0.2, 0) is 10.0 Å². The Labute approximate surface area is 167 Å². The van der Waals surface area contributed by atoms with Gasteiger partial charge in [0.15, 0.2) is 0 Å². The number of carboxylic acid groups (broad SMARTS) is 1. The molecule has 0 spiro atoms. The predicted molar refractivity (Wildman–Crippen MR) is 85.0 cm³/mol. The average Bonchev–Trinajstić information content (AvgIpc) is 2.36. The Morgan fingerprint density at radius 3 is 2.48 bits per heavy atom. The number of nitrogens with one attached hydrogen (secondary N) is 1. The van der Waals surface area contributed by atoms with Crippen LogP contribution in [0.25, 0.3) is 0 Å². The number of anilines is 2. The van der Waals surface area contributed by atoms with Gasteiger partial charge in [-0.1, -0.05) is 6.92 Å². The SMILES string of the molecule is CCC(C)Nc1cc(C(=O)O)cc(N(C)S(C)(=O)=O)n1.[KH]. The molecule has 1 aromatic heterocycles. The van der Waals surface area contributed by atoms with E-state index >= 15 is 0 Å². The molecule has 0 bridgehead atoms. The van der Waals surface area contributed by atoms with Gasteiger partial charge >= 0.3 is 57.4 Å². The van der Waals surface area contributed by atoms with Gasteiger partial charge in [0.2, 0.25) is 10.0 Å². The van der Waals surface area contributed by atoms with Gasteiger partial charge in [-0.3, -0.25) is 4.31 Å². The summed E-state index contributed by atoms with van der Waals surface area (Å²) >= 11 is 0. The van der Waals surface area contributed by atoms with Crippen molar-refractivity contribution in [1.82, 2.24) is 4.98 Å². The van der Waals surface area contributed by atoms with Crippen LogP contribution in [0.1, 0.15) is 30.6 Å². The van der Waals surface area contributed by atoms with Crippen molar-refractivity contribution in [1.29, 1.82) is 0 Å². The van der Waals surface area contributed by atoms with E-state index in [0.717, 1.165) is 17.0 Å². The molecule has 9 heteroatoms.